The Labute approximate surface area is 160 Å². The molecule has 4 heteroatoms. The number of rotatable bonds is 4. The van der Waals surface area contributed by atoms with Crippen molar-refractivity contribution in [3.63, 3.8) is 0 Å². The van der Waals surface area contributed by atoms with Gasteiger partial charge in [-0.25, -0.2) is 0 Å². The van der Waals surface area contributed by atoms with Crippen LogP contribution in [0, 0.1) is 10.8 Å². The number of carboxylic acids is 1. The number of carbonyl (C=O) groups excluding carboxylic acids is 1. The Morgan fingerprint density at radius 1 is 1.00 bits per heavy atom. The van der Waals surface area contributed by atoms with Gasteiger partial charge in [0.05, 0.1) is 13.5 Å². The van der Waals surface area contributed by atoms with Crippen molar-refractivity contribution in [2.75, 3.05) is 7.11 Å². The monoisotopic (exact) mass is 366 g/mol. The van der Waals surface area contributed by atoms with Gasteiger partial charge >= 0.3 is 5.97 Å². The standard InChI is InChI=1S/C23H26O4/c1-21(2)20(26)17-8-6-7-9-18(17)23(4,22(21,3)14-19(24)25)15-10-12-16(27-5)13-11-15/h6-13H,14H2,1-5H3,(H,24,25). The van der Waals surface area contributed by atoms with Crippen molar-refractivity contribution in [3.8, 4) is 5.75 Å². The van der Waals surface area contributed by atoms with E-state index in [2.05, 4.69) is 6.92 Å². The number of ether oxygens (including phenoxy) is 1. The molecule has 0 saturated carbocycles. The van der Waals surface area contributed by atoms with E-state index in [-0.39, 0.29) is 12.2 Å². The van der Waals surface area contributed by atoms with Crippen LogP contribution in [-0.2, 0) is 10.2 Å². The second-order valence-electron chi connectivity index (χ2n) is 8.26. The lowest BCUT2D eigenvalue weighted by atomic mass is 9.43. The molecule has 27 heavy (non-hydrogen) atoms. The molecule has 2 unspecified atom stereocenters. The molecule has 0 bridgehead atoms. The first-order chi connectivity index (χ1) is 12.6. The van der Waals surface area contributed by atoms with Crippen LogP contribution in [0.3, 0.4) is 0 Å². The minimum Gasteiger partial charge on any atom is -0.497 e. The van der Waals surface area contributed by atoms with Crippen molar-refractivity contribution in [1.82, 2.24) is 0 Å². The number of methoxy groups -OCH3 is 1. The third kappa shape index (κ3) is 2.50. The van der Waals surface area contributed by atoms with E-state index in [1.165, 1.54) is 0 Å². The van der Waals surface area contributed by atoms with Crippen molar-refractivity contribution in [1.29, 1.82) is 0 Å². The molecule has 0 aromatic heterocycles. The van der Waals surface area contributed by atoms with Crippen LogP contribution in [-0.4, -0.2) is 24.0 Å². The average Bonchev–Trinajstić information content (AvgIpc) is 2.65. The molecule has 2 atom stereocenters. The molecule has 0 aliphatic heterocycles. The molecule has 2 aromatic rings. The summed E-state index contributed by atoms with van der Waals surface area (Å²) < 4.78 is 5.29. The topological polar surface area (TPSA) is 63.6 Å². The number of ketones is 1. The van der Waals surface area contributed by atoms with Gasteiger partial charge in [-0.1, -0.05) is 64.1 Å². The summed E-state index contributed by atoms with van der Waals surface area (Å²) in [6.07, 6.45) is -0.109. The van der Waals surface area contributed by atoms with Gasteiger partial charge in [0.2, 0.25) is 0 Å². The molecule has 142 valence electrons. The molecule has 3 rings (SSSR count). The van der Waals surface area contributed by atoms with Gasteiger partial charge < -0.3 is 9.84 Å². The molecule has 0 fully saturated rings. The van der Waals surface area contributed by atoms with Gasteiger partial charge in [-0.3, -0.25) is 9.59 Å². The molecule has 0 spiro atoms. The number of Topliss-reactive ketones (excluding diaryl/α,β-unsaturated/α-hetero) is 1. The summed E-state index contributed by atoms with van der Waals surface area (Å²) in [4.78, 5) is 25.2. The zero-order chi connectivity index (χ0) is 20.0. The Kier molecular flexibility index (Phi) is 4.41. The highest BCUT2D eigenvalue weighted by Gasteiger charge is 2.62. The molecule has 1 aliphatic rings. The normalized spacial score (nSPS) is 26.3. The largest absolute Gasteiger partial charge is 0.497 e. The van der Waals surface area contributed by atoms with E-state index < -0.39 is 22.2 Å². The maximum atomic E-state index is 13.3. The predicted octanol–water partition coefficient (Wildman–Crippen LogP) is 4.70. The Bertz CT molecular complexity index is 897. The van der Waals surface area contributed by atoms with Crippen molar-refractivity contribution in [2.24, 2.45) is 10.8 Å². The molecular formula is C23H26O4. The lowest BCUT2D eigenvalue weighted by molar-refractivity contribution is -0.143. The van der Waals surface area contributed by atoms with E-state index in [1.807, 2.05) is 69.3 Å². The van der Waals surface area contributed by atoms with Crippen molar-refractivity contribution >= 4 is 11.8 Å². The molecular weight excluding hydrogens is 340 g/mol. The first kappa shape index (κ1) is 19.2. The smallest absolute Gasteiger partial charge is 0.303 e. The lowest BCUT2D eigenvalue weighted by Gasteiger charge is -2.58. The Balaban J connectivity index is 2.38. The number of carboxylic acid groups (broad SMARTS) is 1. The van der Waals surface area contributed by atoms with Crippen molar-refractivity contribution in [2.45, 2.75) is 39.5 Å². The van der Waals surface area contributed by atoms with Crippen LogP contribution < -0.4 is 4.74 Å². The average molecular weight is 366 g/mol. The van der Waals surface area contributed by atoms with Crippen LogP contribution in [0.25, 0.3) is 0 Å². The van der Waals surface area contributed by atoms with E-state index in [9.17, 15) is 14.7 Å². The molecule has 0 saturated heterocycles. The summed E-state index contributed by atoms with van der Waals surface area (Å²) in [7, 11) is 1.61. The number of hydrogen-bond acceptors (Lipinski definition) is 3. The predicted molar refractivity (Wildman–Crippen MR) is 104 cm³/mol. The first-order valence-electron chi connectivity index (χ1n) is 9.10. The van der Waals surface area contributed by atoms with Crippen molar-refractivity contribution in [3.05, 3.63) is 65.2 Å². The van der Waals surface area contributed by atoms with Crippen LogP contribution in [0.5, 0.6) is 5.75 Å². The van der Waals surface area contributed by atoms with Gasteiger partial charge in [0, 0.05) is 21.8 Å². The van der Waals surface area contributed by atoms with Gasteiger partial charge in [-0.05, 0) is 23.3 Å². The zero-order valence-electron chi connectivity index (χ0n) is 16.5. The highest BCUT2D eigenvalue weighted by molar-refractivity contribution is 6.04. The summed E-state index contributed by atoms with van der Waals surface area (Å²) in [5.41, 5.74) is 0.179. The van der Waals surface area contributed by atoms with E-state index >= 15 is 0 Å². The minimum atomic E-state index is -0.905. The summed E-state index contributed by atoms with van der Waals surface area (Å²) in [6, 6.07) is 15.3. The van der Waals surface area contributed by atoms with Gasteiger partial charge in [-0.15, -0.1) is 0 Å². The molecule has 1 aliphatic carbocycles. The van der Waals surface area contributed by atoms with E-state index in [4.69, 9.17) is 4.74 Å². The molecule has 1 N–H and O–H groups in total. The molecule has 2 aromatic carbocycles. The number of fused-ring (bicyclic) bond motifs is 1. The first-order valence-corrected chi connectivity index (χ1v) is 9.10. The van der Waals surface area contributed by atoms with E-state index in [0.717, 1.165) is 16.9 Å². The maximum absolute atomic E-state index is 13.3. The molecule has 0 heterocycles. The zero-order valence-corrected chi connectivity index (χ0v) is 16.5. The summed E-state index contributed by atoms with van der Waals surface area (Å²) in [5.74, 6) is -0.174. The third-order valence-corrected chi connectivity index (χ3v) is 6.93. The summed E-state index contributed by atoms with van der Waals surface area (Å²) in [6.45, 7) is 7.73. The fraction of sp³-hybridized carbons (Fsp3) is 0.391. The Morgan fingerprint density at radius 3 is 2.15 bits per heavy atom. The van der Waals surface area contributed by atoms with Crippen LogP contribution in [0.4, 0.5) is 0 Å². The third-order valence-electron chi connectivity index (χ3n) is 6.93. The second-order valence-corrected chi connectivity index (χ2v) is 8.26. The van der Waals surface area contributed by atoms with Crippen LogP contribution in [0.1, 0.15) is 55.6 Å². The molecule has 0 radical (unpaired) electrons. The highest BCUT2D eigenvalue weighted by atomic mass is 16.5. The number of carbonyl (C=O) groups is 2. The number of hydrogen-bond donors (Lipinski definition) is 1. The van der Waals surface area contributed by atoms with E-state index in [0.29, 0.717) is 5.56 Å². The highest BCUT2D eigenvalue weighted by Crippen LogP contribution is 2.62. The Hall–Kier alpha value is -2.62. The Morgan fingerprint density at radius 2 is 1.59 bits per heavy atom. The van der Waals surface area contributed by atoms with Crippen LogP contribution in [0.15, 0.2) is 48.5 Å². The van der Waals surface area contributed by atoms with Gasteiger partial charge in [-0.2, -0.15) is 0 Å². The second kappa shape index (κ2) is 6.22. The summed E-state index contributed by atoms with van der Waals surface area (Å²) >= 11 is 0. The maximum Gasteiger partial charge on any atom is 0.303 e. The molecule has 0 amide bonds. The number of aliphatic carboxylic acids is 1. The van der Waals surface area contributed by atoms with Gasteiger partial charge in [0.15, 0.2) is 5.78 Å². The quantitative estimate of drug-likeness (QED) is 0.851. The van der Waals surface area contributed by atoms with Gasteiger partial charge in [0.25, 0.3) is 0 Å². The molecule has 4 nitrogen and oxygen atoms in total. The SMILES string of the molecule is COc1ccc(C2(C)c3ccccc3C(=O)C(C)(C)C2(C)CC(=O)O)cc1. The fourth-order valence-corrected chi connectivity index (χ4v) is 4.73. The van der Waals surface area contributed by atoms with Gasteiger partial charge in [0.1, 0.15) is 5.75 Å². The van der Waals surface area contributed by atoms with E-state index in [1.54, 1.807) is 7.11 Å². The van der Waals surface area contributed by atoms with Crippen LogP contribution >= 0.6 is 0 Å². The number of benzene rings is 2. The van der Waals surface area contributed by atoms with Crippen LogP contribution in [0.2, 0.25) is 0 Å². The fourth-order valence-electron chi connectivity index (χ4n) is 4.73. The minimum absolute atomic E-state index is 0.00663. The van der Waals surface area contributed by atoms with Crippen molar-refractivity contribution < 1.29 is 19.4 Å². The lowest BCUT2D eigenvalue weighted by Crippen LogP contribution is -2.59. The summed E-state index contributed by atoms with van der Waals surface area (Å²) in [5, 5.41) is 9.73.